The number of hydrogen-bond acceptors (Lipinski definition) is 2. The van der Waals surface area contributed by atoms with Crippen LogP contribution in [-0.4, -0.2) is 17.6 Å². The molecule has 0 saturated heterocycles. The fourth-order valence-electron chi connectivity index (χ4n) is 3.08. The van der Waals surface area contributed by atoms with Crippen molar-refractivity contribution in [1.29, 1.82) is 0 Å². The summed E-state index contributed by atoms with van der Waals surface area (Å²) in [6.45, 7) is 0.0922. The van der Waals surface area contributed by atoms with Crippen LogP contribution in [0.2, 0.25) is 0 Å². The lowest BCUT2D eigenvalue weighted by Crippen LogP contribution is -2.23. The average Bonchev–Trinajstić information content (AvgIpc) is 2.41. The zero-order chi connectivity index (χ0) is 13.0. The van der Waals surface area contributed by atoms with Crippen LogP contribution in [0.1, 0.15) is 53.9 Å². The monoisotopic (exact) mass is 247 g/mol. The first-order chi connectivity index (χ1) is 8.74. The van der Waals surface area contributed by atoms with E-state index in [-0.39, 0.29) is 12.5 Å². The highest BCUT2D eigenvalue weighted by Crippen LogP contribution is 2.36. The van der Waals surface area contributed by atoms with E-state index in [9.17, 15) is 9.90 Å². The quantitative estimate of drug-likeness (QED) is 0.858. The first-order valence-electron chi connectivity index (χ1n) is 6.73. The van der Waals surface area contributed by atoms with Crippen molar-refractivity contribution in [3.63, 3.8) is 0 Å². The first-order valence-corrected chi connectivity index (χ1v) is 6.73. The number of primary amides is 1. The molecule has 0 spiro atoms. The lowest BCUT2D eigenvalue weighted by Gasteiger charge is -2.30. The number of aliphatic hydroxyl groups excluding tert-OH is 1. The van der Waals surface area contributed by atoms with Gasteiger partial charge in [0.2, 0.25) is 5.91 Å². The Labute approximate surface area is 108 Å². The normalized spacial score (nSPS) is 18.5. The molecule has 3 N–H and O–H groups in total. The van der Waals surface area contributed by atoms with Gasteiger partial charge in [0.05, 0.1) is 6.61 Å². The number of amides is 1. The summed E-state index contributed by atoms with van der Waals surface area (Å²) in [6.07, 6.45) is 6.00. The summed E-state index contributed by atoms with van der Waals surface area (Å²) in [5.74, 6) is 0.123. The molecule has 0 radical (unpaired) electrons. The topological polar surface area (TPSA) is 63.3 Å². The maximum absolute atomic E-state index is 11.5. The van der Waals surface area contributed by atoms with E-state index in [1.165, 1.54) is 19.3 Å². The molecule has 1 aliphatic rings. The van der Waals surface area contributed by atoms with E-state index in [0.29, 0.717) is 11.5 Å². The number of hydrogen-bond donors (Lipinski definition) is 2. The van der Waals surface area contributed by atoms with Crippen molar-refractivity contribution in [3.8, 4) is 0 Å². The fraction of sp³-hybridized carbons (Fsp3) is 0.533. The van der Waals surface area contributed by atoms with Crippen molar-refractivity contribution in [3.05, 3.63) is 35.4 Å². The third kappa shape index (κ3) is 2.72. The summed E-state index contributed by atoms with van der Waals surface area (Å²) in [5.41, 5.74) is 6.89. The van der Waals surface area contributed by atoms with Crippen LogP contribution in [0.3, 0.4) is 0 Å². The third-order valence-corrected chi connectivity index (χ3v) is 4.04. The predicted molar refractivity (Wildman–Crippen MR) is 71.4 cm³/mol. The van der Waals surface area contributed by atoms with Gasteiger partial charge in [0, 0.05) is 11.5 Å². The van der Waals surface area contributed by atoms with Crippen molar-refractivity contribution in [2.45, 2.75) is 38.0 Å². The number of rotatable bonds is 4. The molecule has 1 atom stereocenters. The van der Waals surface area contributed by atoms with Crippen LogP contribution in [0.5, 0.6) is 0 Å². The molecule has 0 unspecified atom stereocenters. The number of aliphatic hydroxyl groups is 1. The smallest absolute Gasteiger partial charge is 0.248 e. The van der Waals surface area contributed by atoms with Gasteiger partial charge in [-0.1, -0.05) is 37.5 Å². The summed E-state index contributed by atoms with van der Waals surface area (Å²) in [6, 6.07) is 7.41. The number of carbonyl (C=O) groups excluding carboxylic acids is 1. The van der Waals surface area contributed by atoms with Gasteiger partial charge >= 0.3 is 0 Å². The highest BCUT2D eigenvalue weighted by molar-refractivity contribution is 5.94. The van der Waals surface area contributed by atoms with Gasteiger partial charge in [-0.05, 0) is 30.4 Å². The number of nitrogens with two attached hydrogens (primary N) is 1. The summed E-state index contributed by atoms with van der Waals surface area (Å²) in [7, 11) is 0. The Morgan fingerprint density at radius 2 is 1.94 bits per heavy atom. The van der Waals surface area contributed by atoms with Crippen LogP contribution in [0, 0.1) is 5.92 Å². The van der Waals surface area contributed by atoms with Crippen LogP contribution in [0.4, 0.5) is 0 Å². The first kappa shape index (κ1) is 13.1. The lowest BCUT2D eigenvalue weighted by molar-refractivity contribution is 0.0997. The molecule has 1 aliphatic carbocycles. The molecule has 0 bridgehead atoms. The molecule has 2 rings (SSSR count). The largest absolute Gasteiger partial charge is 0.396 e. The summed E-state index contributed by atoms with van der Waals surface area (Å²) in [5, 5.41) is 9.69. The van der Waals surface area contributed by atoms with E-state index in [2.05, 4.69) is 0 Å². The van der Waals surface area contributed by atoms with Crippen molar-refractivity contribution in [2.75, 3.05) is 6.61 Å². The van der Waals surface area contributed by atoms with Crippen molar-refractivity contribution < 1.29 is 9.90 Å². The molecule has 1 aromatic carbocycles. The molecule has 98 valence electrons. The number of carbonyl (C=O) groups is 1. The third-order valence-electron chi connectivity index (χ3n) is 4.04. The van der Waals surface area contributed by atoms with Gasteiger partial charge in [-0.3, -0.25) is 4.79 Å². The Morgan fingerprint density at radius 1 is 1.28 bits per heavy atom. The van der Waals surface area contributed by atoms with Gasteiger partial charge in [0.1, 0.15) is 0 Å². The predicted octanol–water partition coefficient (Wildman–Crippen LogP) is 2.44. The summed E-state index contributed by atoms with van der Waals surface area (Å²) >= 11 is 0. The Balaban J connectivity index is 2.28. The van der Waals surface area contributed by atoms with Gasteiger partial charge in [-0.15, -0.1) is 0 Å². The molecule has 1 fully saturated rings. The van der Waals surface area contributed by atoms with E-state index in [1.807, 2.05) is 18.2 Å². The molecule has 3 nitrogen and oxygen atoms in total. The average molecular weight is 247 g/mol. The minimum Gasteiger partial charge on any atom is -0.396 e. The molecule has 1 saturated carbocycles. The molecule has 0 aromatic heterocycles. The second kappa shape index (κ2) is 6.01. The summed E-state index contributed by atoms with van der Waals surface area (Å²) < 4.78 is 0. The van der Waals surface area contributed by atoms with Crippen LogP contribution in [0.15, 0.2) is 24.3 Å². The van der Waals surface area contributed by atoms with E-state index < -0.39 is 5.91 Å². The second-order valence-electron chi connectivity index (χ2n) is 5.14. The second-order valence-corrected chi connectivity index (χ2v) is 5.14. The molecule has 0 heterocycles. The van der Waals surface area contributed by atoms with E-state index in [1.54, 1.807) is 6.07 Å². The Morgan fingerprint density at radius 3 is 2.56 bits per heavy atom. The van der Waals surface area contributed by atoms with Crippen LogP contribution >= 0.6 is 0 Å². The molecule has 0 aliphatic heterocycles. The number of benzene rings is 1. The maximum atomic E-state index is 11.5. The molecule has 1 amide bonds. The zero-order valence-electron chi connectivity index (χ0n) is 10.6. The molecular formula is C15H21NO2. The van der Waals surface area contributed by atoms with Gasteiger partial charge in [-0.2, -0.15) is 0 Å². The van der Waals surface area contributed by atoms with Crippen LogP contribution in [0.25, 0.3) is 0 Å². The highest BCUT2D eigenvalue weighted by Gasteiger charge is 2.26. The van der Waals surface area contributed by atoms with Crippen molar-refractivity contribution in [2.24, 2.45) is 11.7 Å². The fourth-order valence-corrected chi connectivity index (χ4v) is 3.08. The van der Waals surface area contributed by atoms with Gasteiger partial charge in [0.15, 0.2) is 0 Å². The lowest BCUT2D eigenvalue weighted by atomic mass is 9.76. The molecule has 3 heteroatoms. The zero-order valence-corrected chi connectivity index (χ0v) is 10.6. The van der Waals surface area contributed by atoms with E-state index >= 15 is 0 Å². The minimum absolute atomic E-state index is 0.0500. The molecule has 1 aromatic rings. The Hall–Kier alpha value is -1.35. The van der Waals surface area contributed by atoms with Crippen molar-refractivity contribution in [1.82, 2.24) is 0 Å². The SMILES string of the molecule is NC(=O)c1ccccc1[C@@H](CO)C1CCCCC1. The van der Waals surface area contributed by atoms with Gasteiger partial charge in [0.25, 0.3) is 0 Å². The van der Waals surface area contributed by atoms with Crippen LogP contribution in [-0.2, 0) is 0 Å². The minimum atomic E-state index is -0.403. The standard InChI is InChI=1S/C15H21NO2/c16-15(18)13-9-5-4-8-12(13)14(10-17)11-6-2-1-3-7-11/h4-5,8-9,11,14,17H,1-3,6-7,10H2,(H2,16,18)/t14-/m0/s1. The molecule has 18 heavy (non-hydrogen) atoms. The van der Waals surface area contributed by atoms with Gasteiger partial charge in [-0.25, -0.2) is 0 Å². The van der Waals surface area contributed by atoms with Crippen molar-refractivity contribution >= 4 is 5.91 Å². The Kier molecular flexibility index (Phi) is 4.37. The summed E-state index contributed by atoms with van der Waals surface area (Å²) in [4.78, 5) is 11.5. The maximum Gasteiger partial charge on any atom is 0.248 e. The molecular weight excluding hydrogens is 226 g/mol. The highest BCUT2D eigenvalue weighted by atomic mass is 16.3. The van der Waals surface area contributed by atoms with E-state index in [4.69, 9.17) is 5.73 Å². The van der Waals surface area contributed by atoms with Crippen LogP contribution < -0.4 is 5.73 Å². The Bertz CT molecular complexity index is 411. The van der Waals surface area contributed by atoms with Gasteiger partial charge < -0.3 is 10.8 Å². The van der Waals surface area contributed by atoms with E-state index in [0.717, 1.165) is 18.4 Å².